The van der Waals surface area contributed by atoms with Gasteiger partial charge in [0.2, 0.25) is 0 Å². The van der Waals surface area contributed by atoms with Crippen molar-refractivity contribution in [3.63, 3.8) is 0 Å². The molecule has 1 N–H and O–H groups in total. The number of benzene rings is 1. The Morgan fingerprint density at radius 1 is 1.25 bits per heavy atom. The summed E-state index contributed by atoms with van der Waals surface area (Å²) in [7, 11) is 1.93. The van der Waals surface area contributed by atoms with Gasteiger partial charge in [-0.15, -0.1) is 0 Å². The molecule has 1 aromatic heterocycles. The van der Waals surface area contributed by atoms with E-state index in [2.05, 4.69) is 5.10 Å². The quantitative estimate of drug-likeness (QED) is 0.940. The zero-order chi connectivity index (χ0) is 14.9. The van der Waals surface area contributed by atoms with Crippen LogP contribution in [0.4, 0.5) is 0 Å². The van der Waals surface area contributed by atoms with Crippen LogP contribution in [0.15, 0.2) is 18.2 Å². The third-order valence-electron chi connectivity index (χ3n) is 3.76. The smallest absolute Gasteiger partial charge is 0.0629 e. The molecule has 1 unspecified atom stereocenters. The Morgan fingerprint density at radius 2 is 1.95 bits per heavy atom. The molecule has 0 fully saturated rings. The minimum atomic E-state index is -0.447. The van der Waals surface area contributed by atoms with Gasteiger partial charge in [-0.3, -0.25) is 4.68 Å². The van der Waals surface area contributed by atoms with Crippen LogP contribution in [0.3, 0.4) is 0 Å². The molecular weight excluding hydrogens is 272 g/mol. The molecule has 0 spiro atoms. The molecule has 0 radical (unpaired) electrons. The van der Waals surface area contributed by atoms with Gasteiger partial charge >= 0.3 is 0 Å². The molecule has 3 nitrogen and oxygen atoms in total. The number of aliphatic hydroxyl groups excluding tert-OH is 1. The zero-order valence-corrected chi connectivity index (χ0v) is 13.2. The Bertz CT molecular complexity index is 619. The third-order valence-corrected chi connectivity index (χ3v) is 4.11. The largest absolute Gasteiger partial charge is 0.392 e. The molecule has 2 rings (SSSR count). The maximum Gasteiger partial charge on any atom is 0.0629 e. The normalized spacial score (nSPS) is 12.7. The molecule has 108 valence electrons. The van der Waals surface area contributed by atoms with Gasteiger partial charge in [-0.2, -0.15) is 5.10 Å². The van der Waals surface area contributed by atoms with Crippen molar-refractivity contribution in [2.75, 3.05) is 0 Å². The van der Waals surface area contributed by atoms with Crippen molar-refractivity contribution in [3.05, 3.63) is 51.3 Å². The standard InChI is InChI=1S/C16H21ClN2O/c1-10-5-6-13(16(17)7-10)8-14(20)9-15-11(2)18-19(4)12(15)3/h5-7,14,20H,8-9H2,1-4H3. The number of rotatable bonds is 4. The summed E-state index contributed by atoms with van der Waals surface area (Å²) in [6, 6.07) is 5.95. The molecule has 0 aliphatic rings. The van der Waals surface area contributed by atoms with Crippen molar-refractivity contribution >= 4 is 11.6 Å². The maximum absolute atomic E-state index is 10.3. The summed E-state index contributed by atoms with van der Waals surface area (Å²) >= 11 is 6.22. The van der Waals surface area contributed by atoms with Gasteiger partial charge in [0, 0.05) is 30.6 Å². The monoisotopic (exact) mass is 292 g/mol. The van der Waals surface area contributed by atoms with E-state index < -0.39 is 6.10 Å². The summed E-state index contributed by atoms with van der Waals surface area (Å²) in [5.74, 6) is 0. The van der Waals surface area contributed by atoms with E-state index in [1.165, 1.54) is 0 Å². The fraction of sp³-hybridized carbons (Fsp3) is 0.438. The van der Waals surface area contributed by atoms with Crippen molar-refractivity contribution in [2.24, 2.45) is 7.05 Å². The lowest BCUT2D eigenvalue weighted by molar-refractivity contribution is 0.175. The van der Waals surface area contributed by atoms with Gasteiger partial charge in [0.25, 0.3) is 0 Å². The lowest BCUT2D eigenvalue weighted by atomic mass is 9.99. The van der Waals surface area contributed by atoms with E-state index in [-0.39, 0.29) is 0 Å². The number of halogens is 1. The van der Waals surface area contributed by atoms with Gasteiger partial charge in [-0.05, 0) is 43.5 Å². The van der Waals surface area contributed by atoms with Gasteiger partial charge in [-0.1, -0.05) is 23.7 Å². The van der Waals surface area contributed by atoms with Crippen molar-refractivity contribution in [1.82, 2.24) is 9.78 Å². The van der Waals surface area contributed by atoms with E-state index >= 15 is 0 Å². The zero-order valence-electron chi connectivity index (χ0n) is 12.4. The molecule has 0 aliphatic heterocycles. The predicted molar refractivity (Wildman–Crippen MR) is 82.3 cm³/mol. The Hall–Kier alpha value is -1.32. The van der Waals surface area contributed by atoms with Crippen LogP contribution in [-0.2, 0) is 19.9 Å². The molecule has 0 saturated carbocycles. The highest BCUT2D eigenvalue weighted by molar-refractivity contribution is 6.31. The Morgan fingerprint density at radius 3 is 2.50 bits per heavy atom. The molecule has 2 aromatic rings. The van der Waals surface area contributed by atoms with E-state index in [1.807, 2.05) is 50.7 Å². The first-order valence-electron chi connectivity index (χ1n) is 6.80. The number of aromatic nitrogens is 2. The summed E-state index contributed by atoms with van der Waals surface area (Å²) in [4.78, 5) is 0. The fourth-order valence-electron chi connectivity index (χ4n) is 2.49. The highest BCUT2D eigenvalue weighted by Gasteiger charge is 2.15. The van der Waals surface area contributed by atoms with Crippen LogP contribution in [0.5, 0.6) is 0 Å². The summed E-state index contributed by atoms with van der Waals surface area (Å²) in [6.45, 7) is 6.02. The second kappa shape index (κ2) is 5.98. The number of hydrogen-bond donors (Lipinski definition) is 1. The van der Waals surface area contributed by atoms with Gasteiger partial charge < -0.3 is 5.11 Å². The van der Waals surface area contributed by atoms with Crippen LogP contribution in [0.25, 0.3) is 0 Å². The topological polar surface area (TPSA) is 38.1 Å². The fourth-order valence-corrected chi connectivity index (χ4v) is 2.80. The van der Waals surface area contributed by atoms with Crippen LogP contribution in [0, 0.1) is 20.8 Å². The summed E-state index contributed by atoms with van der Waals surface area (Å²) < 4.78 is 1.86. The summed E-state index contributed by atoms with van der Waals surface area (Å²) in [5.41, 5.74) is 5.34. The number of aryl methyl sites for hydroxylation is 3. The maximum atomic E-state index is 10.3. The lowest BCUT2D eigenvalue weighted by Gasteiger charge is -2.12. The molecule has 0 bridgehead atoms. The van der Waals surface area contributed by atoms with Crippen molar-refractivity contribution in [3.8, 4) is 0 Å². The van der Waals surface area contributed by atoms with E-state index in [0.717, 1.165) is 33.1 Å². The van der Waals surface area contributed by atoms with Gasteiger partial charge in [0.1, 0.15) is 0 Å². The minimum Gasteiger partial charge on any atom is -0.392 e. The van der Waals surface area contributed by atoms with Crippen LogP contribution < -0.4 is 0 Å². The molecule has 0 aliphatic carbocycles. The third kappa shape index (κ3) is 3.22. The first-order valence-corrected chi connectivity index (χ1v) is 7.18. The highest BCUT2D eigenvalue weighted by Crippen LogP contribution is 2.21. The second-order valence-corrected chi connectivity index (χ2v) is 5.84. The molecule has 20 heavy (non-hydrogen) atoms. The molecular formula is C16H21ClN2O. The van der Waals surface area contributed by atoms with E-state index in [9.17, 15) is 5.11 Å². The van der Waals surface area contributed by atoms with Gasteiger partial charge in [0.05, 0.1) is 11.8 Å². The Kier molecular flexibility index (Phi) is 4.51. The van der Waals surface area contributed by atoms with E-state index in [1.54, 1.807) is 0 Å². The number of aliphatic hydroxyl groups is 1. The second-order valence-electron chi connectivity index (χ2n) is 5.43. The van der Waals surface area contributed by atoms with Crippen LogP contribution in [0.1, 0.15) is 28.1 Å². The van der Waals surface area contributed by atoms with Gasteiger partial charge in [-0.25, -0.2) is 0 Å². The average Bonchev–Trinajstić information content (AvgIpc) is 2.60. The first-order chi connectivity index (χ1) is 9.38. The molecule has 1 heterocycles. The Balaban J connectivity index is 2.11. The lowest BCUT2D eigenvalue weighted by Crippen LogP contribution is -2.15. The predicted octanol–water partition coefficient (Wildman–Crippen LogP) is 3.14. The first kappa shape index (κ1) is 15.1. The number of hydrogen-bond acceptors (Lipinski definition) is 2. The number of nitrogens with zero attached hydrogens (tertiary/aromatic N) is 2. The van der Waals surface area contributed by atoms with Crippen molar-refractivity contribution in [1.29, 1.82) is 0 Å². The molecule has 0 amide bonds. The van der Waals surface area contributed by atoms with Crippen LogP contribution >= 0.6 is 11.6 Å². The minimum absolute atomic E-state index is 0.447. The SMILES string of the molecule is Cc1ccc(CC(O)Cc2c(C)nn(C)c2C)c(Cl)c1. The highest BCUT2D eigenvalue weighted by atomic mass is 35.5. The van der Waals surface area contributed by atoms with E-state index in [0.29, 0.717) is 12.8 Å². The van der Waals surface area contributed by atoms with Crippen molar-refractivity contribution in [2.45, 2.75) is 39.7 Å². The van der Waals surface area contributed by atoms with E-state index in [4.69, 9.17) is 11.6 Å². The van der Waals surface area contributed by atoms with Gasteiger partial charge in [0.15, 0.2) is 0 Å². The molecule has 0 saturated heterocycles. The summed E-state index contributed by atoms with van der Waals surface area (Å²) in [5, 5.41) is 15.4. The van der Waals surface area contributed by atoms with Crippen molar-refractivity contribution < 1.29 is 5.11 Å². The Labute approximate surface area is 125 Å². The average molecular weight is 293 g/mol. The summed E-state index contributed by atoms with van der Waals surface area (Å²) in [6.07, 6.45) is 0.722. The molecule has 1 aromatic carbocycles. The molecule has 1 atom stereocenters. The molecule has 4 heteroatoms. The van der Waals surface area contributed by atoms with Crippen LogP contribution in [-0.4, -0.2) is 21.0 Å². The van der Waals surface area contributed by atoms with Crippen LogP contribution in [0.2, 0.25) is 5.02 Å².